The molecule has 0 fully saturated rings. The van der Waals surface area contributed by atoms with Gasteiger partial charge in [0, 0.05) is 5.54 Å². The number of carboxylic acids is 1. The molecule has 1 heterocycles. The zero-order valence-corrected chi connectivity index (χ0v) is 20.6. The monoisotopic (exact) mass is 488 g/mol. The van der Waals surface area contributed by atoms with Crippen molar-refractivity contribution in [2.75, 3.05) is 19.4 Å². The normalized spacial score (nSPS) is 21.2. The van der Waals surface area contributed by atoms with Crippen LogP contribution in [-0.4, -0.2) is 50.3 Å². The lowest BCUT2D eigenvalue weighted by Gasteiger charge is -2.36. The van der Waals surface area contributed by atoms with Crippen LogP contribution in [0.5, 0.6) is 5.75 Å². The average molecular weight is 489 g/mol. The number of carbonyl (C=O) groups excluding carboxylic acids is 1. The van der Waals surface area contributed by atoms with Gasteiger partial charge in [0.2, 0.25) is 0 Å². The molecule has 1 aliphatic heterocycles. The van der Waals surface area contributed by atoms with Crippen molar-refractivity contribution in [3.8, 4) is 5.75 Å². The molecule has 34 heavy (non-hydrogen) atoms. The predicted molar refractivity (Wildman–Crippen MR) is 129 cm³/mol. The van der Waals surface area contributed by atoms with E-state index in [1.165, 1.54) is 13.2 Å². The van der Waals surface area contributed by atoms with Crippen LogP contribution in [0.4, 0.5) is 0 Å². The molecule has 0 saturated carbocycles. The van der Waals surface area contributed by atoms with Crippen molar-refractivity contribution in [3.05, 3.63) is 59.2 Å². The number of fused-ring (bicyclic) bond motifs is 1. The highest BCUT2D eigenvalue weighted by molar-refractivity contribution is 7.91. The number of methoxy groups -OCH3 is 1. The highest BCUT2D eigenvalue weighted by Gasteiger charge is 2.42. The van der Waals surface area contributed by atoms with Crippen LogP contribution in [0.15, 0.2) is 47.4 Å². The SMILES string of the molecule is CCCC[C@]1(CC)CS(=O)(=O)c2cc(C(=O)NCC(=O)O)c(OC)cc2C(c2ccccc2)N1. The zero-order valence-electron chi connectivity index (χ0n) is 19.8. The molecular weight excluding hydrogens is 456 g/mol. The number of aliphatic carboxylic acids is 1. The Morgan fingerprint density at radius 2 is 1.91 bits per heavy atom. The van der Waals surface area contributed by atoms with Crippen LogP contribution < -0.4 is 15.4 Å². The third-order valence-corrected chi connectivity index (χ3v) is 8.31. The number of benzene rings is 2. The molecule has 8 nitrogen and oxygen atoms in total. The van der Waals surface area contributed by atoms with E-state index >= 15 is 0 Å². The van der Waals surface area contributed by atoms with Crippen LogP contribution in [0, 0.1) is 0 Å². The summed E-state index contributed by atoms with van der Waals surface area (Å²) in [7, 11) is -2.40. The third kappa shape index (κ3) is 5.42. The molecule has 1 aliphatic rings. The molecular formula is C25H32N2O6S. The number of amides is 1. The molecule has 9 heteroatoms. The van der Waals surface area contributed by atoms with Crippen LogP contribution in [-0.2, 0) is 14.6 Å². The number of sulfone groups is 1. The molecule has 0 aliphatic carbocycles. The fourth-order valence-electron chi connectivity index (χ4n) is 4.48. The maximum absolute atomic E-state index is 13.7. The second-order valence-corrected chi connectivity index (χ2v) is 10.6. The lowest BCUT2D eigenvalue weighted by Crippen LogP contribution is -2.50. The Morgan fingerprint density at radius 1 is 1.21 bits per heavy atom. The molecule has 1 amide bonds. The molecule has 0 spiro atoms. The number of carboxylic acid groups (broad SMARTS) is 1. The lowest BCUT2D eigenvalue weighted by atomic mass is 9.88. The second kappa shape index (κ2) is 10.6. The molecule has 0 aromatic heterocycles. The van der Waals surface area contributed by atoms with Gasteiger partial charge in [-0.2, -0.15) is 0 Å². The minimum Gasteiger partial charge on any atom is -0.496 e. The zero-order chi connectivity index (χ0) is 24.9. The summed E-state index contributed by atoms with van der Waals surface area (Å²) in [4.78, 5) is 23.7. The average Bonchev–Trinajstić information content (AvgIpc) is 2.93. The largest absolute Gasteiger partial charge is 0.496 e. The van der Waals surface area contributed by atoms with Crippen molar-refractivity contribution in [2.45, 2.75) is 56.0 Å². The van der Waals surface area contributed by atoms with Crippen molar-refractivity contribution in [2.24, 2.45) is 0 Å². The predicted octanol–water partition coefficient (Wildman–Crippen LogP) is 3.31. The van der Waals surface area contributed by atoms with Crippen molar-refractivity contribution in [1.29, 1.82) is 0 Å². The Hall–Kier alpha value is -2.91. The van der Waals surface area contributed by atoms with E-state index in [4.69, 9.17) is 9.84 Å². The maximum atomic E-state index is 13.7. The quantitative estimate of drug-likeness (QED) is 0.495. The van der Waals surface area contributed by atoms with E-state index < -0.39 is 39.8 Å². The molecule has 2 atom stereocenters. The van der Waals surface area contributed by atoms with Gasteiger partial charge in [0.15, 0.2) is 9.84 Å². The Labute approximate surface area is 200 Å². The number of hydrogen-bond acceptors (Lipinski definition) is 6. The van der Waals surface area contributed by atoms with Crippen molar-refractivity contribution < 1.29 is 27.9 Å². The number of nitrogens with one attached hydrogen (secondary N) is 2. The van der Waals surface area contributed by atoms with Gasteiger partial charge in [-0.3, -0.25) is 14.9 Å². The van der Waals surface area contributed by atoms with Crippen LogP contribution in [0.2, 0.25) is 0 Å². The van der Waals surface area contributed by atoms with Crippen LogP contribution in [0.25, 0.3) is 0 Å². The number of rotatable bonds is 9. The first-order valence-corrected chi connectivity index (χ1v) is 13.1. The molecule has 0 radical (unpaired) electrons. The van der Waals surface area contributed by atoms with Gasteiger partial charge in [0.1, 0.15) is 12.3 Å². The van der Waals surface area contributed by atoms with Crippen molar-refractivity contribution in [1.82, 2.24) is 10.6 Å². The van der Waals surface area contributed by atoms with E-state index in [9.17, 15) is 18.0 Å². The standard InChI is InChI=1S/C25H32N2O6S/c1-4-6-12-25(5-2)16-34(31,32)21-14-18(24(30)26-15-22(28)29)20(33-3)13-19(21)23(27-25)17-10-8-7-9-11-17/h7-11,13-14,23,27H,4-6,12,15-16H2,1-3H3,(H,26,30)(H,28,29)/t23?,25-/m1/s1. The van der Waals surface area contributed by atoms with Gasteiger partial charge in [-0.1, -0.05) is 57.0 Å². The number of ether oxygens (including phenoxy) is 1. The van der Waals surface area contributed by atoms with Crippen LogP contribution in [0.3, 0.4) is 0 Å². The highest BCUT2D eigenvalue weighted by Crippen LogP contribution is 2.40. The Bertz CT molecular complexity index is 1150. The van der Waals surface area contributed by atoms with Gasteiger partial charge in [0.05, 0.1) is 29.4 Å². The fraction of sp³-hybridized carbons (Fsp3) is 0.440. The molecule has 3 rings (SSSR count). The summed E-state index contributed by atoms with van der Waals surface area (Å²) >= 11 is 0. The summed E-state index contributed by atoms with van der Waals surface area (Å²) in [6, 6.07) is 12.1. The van der Waals surface area contributed by atoms with Crippen LogP contribution in [0.1, 0.15) is 67.1 Å². The summed E-state index contributed by atoms with van der Waals surface area (Å²) in [6.07, 6.45) is 3.13. The van der Waals surface area contributed by atoms with E-state index in [1.807, 2.05) is 37.3 Å². The van der Waals surface area contributed by atoms with Crippen molar-refractivity contribution >= 4 is 21.7 Å². The highest BCUT2D eigenvalue weighted by atomic mass is 32.2. The van der Waals surface area contributed by atoms with E-state index in [1.54, 1.807) is 6.07 Å². The molecule has 1 unspecified atom stereocenters. The number of carbonyl (C=O) groups is 2. The third-order valence-electron chi connectivity index (χ3n) is 6.36. The lowest BCUT2D eigenvalue weighted by molar-refractivity contribution is -0.135. The minimum absolute atomic E-state index is 0.0181. The Morgan fingerprint density at radius 3 is 2.50 bits per heavy atom. The molecule has 2 aromatic rings. The van der Waals surface area contributed by atoms with Gasteiger partial charge < -0.3 is 15.2 Å². The first kappa shape index (κ1) is 25.7. The molecule has 0 bridgehead atoms. The molecule has 3 N–H and O–H groups in total. The fourth-order valence-corrected chi connectivity index (χ4v) is 6.63. The first-order chi connectivity index (χ1) is 16.2. The van der Waals surface area contributed by atoms with Crippen LogP contribution >= 0.6 is 0 Å². The van der Waals surface area contributed by atoms with E-state index in [0.717, 1.165) is 18.4 Å². The summed E-state index contributed by atoms with van der Waals surface area (Å²) in [5.74, 6) is -1.84. The van der Waals surface area contributed by atoms with Gasteiger partial charge in [-0.15, -0.1) is 0 Å². The van der Waals surface area contributed by atoms with E-state index in [0.29, 0.717) is 18.4 Å². The number of unbranched alkanes of at least 4 members (excludes halogenated alkanes) is 1. The minimum atomic E-state index is -3.80. The Balaban J connectivity index is 2.24. The van der Waals surface area contributed by atoms with Crippen molar-refractivity contribution in [3.63, 3.8) is 0 Å². The molecule has 0 saturated heterocycles. The summed E-state index contributed by atoms with van der Waals surface area (Å²) in [5.41, 5.74) is 0.744. The molecule has 2 aromatic carbocycles. The molecule has 184 valence electrons. The van der Waals surface area contributed by atoms with Gasteiger partial charge >= 0.3 is 5.97 Å². The topological polar surface area (TPSA) is 122 Å². The van der Waals surface area contributed by atoms with Gasteiger partial charge in [-0.05, 0) is 36.1 Å². The first-order valence-electron chi connectivity index (χ1n) is 11.4. The van der Waals surface area contributed by atoms with Gasteiger partial charge in [0.25, 0.3) is 5.91 Å². The smallest absolute Gasteiger partial charge is 0.322 e. The summed E-state index contributed by atoms with van der Waals surface area (Å²) < 4.78 is 32.9. The second-order valence-electron chi connectivity index (χ2n) is 8.65. The Kier molecular flexibility index (Phi) is 7.99. The number of hydrogen-bond donors (Lipinski definition) is 3. The van der Waals surface area contributed by atoms with E-state index in [-0.39, 0.29) is 22.0 Å². The van der Waals surface area contributed by atoms with Gasteiger partial charge in [-0.25, -0.2) is 8.42 Å². The summed E-state index contributed by atoms with van der Waals surface area (Å²) in [6.45, 7) is 3.47. The maximum Gasteiger partial charge on any atom is 0.322 e. The van der Waals surface area contributed by atoms with E-state index in [2.05, 4.69) is 17.6 Å². The summed E-state index contributed by atoms with van der Waals surface area (Å²) in [5, 5.41) is 14.9.